The highest BCUT2D eigenvalue weighted by molar-refractivity contribution is 7.83. The van der Waals surface area contributed by atoms with E-state index < -0.39 is 11.0 Å². The van der Waals surface area contributed by atoms with Gasteiger partial charge in [-0.1, -0.05) is 33.6 Å². The van der Waals surface area contributed by atoms with Gasteiger partial charge in [-0.25, -0.2) is 9.00 Å². The number of carbonyl (C=O) groups excluding carboxylic acids is 1. The van der Waals surface area contributed by atoms with Crippen molar-refractivity contribution >= 4 is 17.0 Å². The van der Waals surface area contributed by atoms with Crippen LogP contribution in [0.25, 0.3) is 0 Å². The SMILES string of the molecule is CCn1cc(S(=O)NC(=O)NCCCC2CCC3C4C[C@H](C)C5CCCCC5(C)[C@H]4CCC23C)cn1. The molecule has 7 unspecified atom stereocenters. The molecule has 6 nitrogen and oxygen atoms in total. The third-order valence-electron chi connectivity index (χ3n) is 11.5. The molecule has 5 rings (SSSR count). The van der Waals surface area contributed by atoms with Crippen LogP contribution in [0.4, 0.5) is 4.79 Å². The van der Waals surface area contributed by atoms with E-state index in [4.69, 9.17) is 0 Å². The molecule has 0 aromatic carbocycles. The molecule has 36 heavy (non-hydrogen) atoms. The highest BCUT2D eigenvalue weighted by Gasteiger charge is 2.60. The lowest BCUT2D eigenvalue weighted by Crippen LogP contribution is -2.55. The Kier molecular flexibility index (Phi) is 7.59. The number of nitrogens with one attached hydrogen (secondary N) is 2. The van der Waals surface area contributed by atoms with Crippen molar-refractivity contribution in [3.8, 4) is 0 Å². The quantitative estimate of drug-likeness (QED) is 0.418. The van der Waals surface area contributed by atoms with Crippen molar-refractivity contribution in [3.05, 3.63) is 12.4 Å². The second-order valence-electron chi connectivity index (χ2n) is 13.1. The molecule has 2 amide bonds. The molecule has 1 heterocycles. The number of aromatic nitrogens is 2. The van der Waals surface area contributed by atoms with Crippen LogP contribution < -0.4 is 10.0 Å². The van der Waals surface area contributed by atoms with E-state index in [-0.39, 0.29) is 6.03 Å². The summed E-state index contributed by atoms with van der Waals surface area (Å²) in [5.74, 6) is 5.40. The zero-order valence-corrected chi connectivity index (χ0v) is 23.7. The Bertz CT molecular complexity index is 965. The van der Waals surface area contributed by atoms with Gasteiger partial charge in [0, 0.05) is 19.3 Å². The third kappa shape index (κ3) is 4.67. The fourth-order valence-corrected chi connectivity index (χ4v) is 10.5. The van der Waals surface area contributed by atoms with E-state index in [0.29, 0.717) is 28.8 Å². The van der Waals surface area contributed by atoms with E-state index in [1.165, 1.54) is 64.2 Å². The van der Waals surface area contributed by atoms with Gasteiger partial charge in [-0.05, 0) is 111 Å². The smallest absolute Gasteiger partial charge is 0.326 e. The molecule has 2 N–H and O–H groups in total. The first-order valence-electron chi connectivity index (χ1n) is 14.7. The Morgan fingerprint density at radius 3 is 2.69 bits per heavy atom. The van der Waals surface area contributed by atoms with Gasteiger partial charge in [-0.15, -0.1) is 0 Å². The van der Waals surface area contributed by atoms with Crippen LogP contribution in [0.1, 0.15) is 98.3 Å². The molecule has 1 aromatic heterocycles. The first kappa shape index (κ1) is 26.2. The second kappa shape index (κ2) is 10.4. The Morgan fingerprint density at radius 2 is 1.92 bits per heavy atom. The van der Waals surface area contributed by atoms with Crippen molar-refractivity contribution in [2.24, 2.45) is 46.3 Å². The Balaban J connectivity index is 1.12. The summed E-state index contributed by atoms with van der Waals surface area (Å²) >= 11 is 0. The summed E-state index contributed by atoms with van der Waals surface area (Å²) in [6, 6.07) is -0.361. The van der Waals surface area contributed by atoms with Gasteiger partial charge in [0.05, 0.1) is 11.1 Å². The van der Waals surface area contributed by atoms with E-state index >= 15 is 0 Å². The molecule has 0 aliphatic heterocycles. The van der Waals surface area contributed by atoms with Gasteiger partial charge in [0.2, 0.25) is 0 Å². The number of carbonyl (C=O) groups is 1. The van der Waals surface area contributed by atoms with Crippen LogP contribution in [0.15, 0.2) is 17.3 Å². The van der Waals surface area contributed by atoms with E-state index in [1.54, 1.807) is 17.1 Å². The highest BCUT2D eigenvalue weighted by Crippen LogP contribution is 2.68. The van der Waals surface area contributed by atoms with Crippen LogP contribution in [0, 0.1) is 46.3 Å². The molecule has 0 bridgehead atoms. The monoisotopic (exact) mass is 516 g/mol. The molecule has 4 fully saturated rings. The fourth-order valence-electron chi connectivity index (χ4n) is 9.73. The van der Waals surface area contributed by atoms with E-state index in [0.717, 1.165) is 41.9 Å². The molecule has 7 heteroatoms. The van der Waals surface area contributed by atoms with E-state index in [1.807, 2.05) is 6.92 Å². The summed E-state index contributed by atoms with van der Waals surface area (Å²) in [6.45, 7) is 11.2. The summed E-state index contributed by atoms with van der Waals surface area (Å²) in [6.07, 6.45) is 18.4. The van der Waals surface area contributed by atoms with Crippen LogP contribution in [0.5, 0.6) is 0 Å². The van der Waals surface area contributed by atoms with Gasteiger partial charge in [0.1, 0.15) is 0 Å². The molecule has 4 aliphatic carbocycles. The lowest BCUT2D eigenvalue weighted by atomic mass is 9.43. The highest BCUT2D eigenvalue weighted by atomic mass is 32.2. The minimum Gasteiger partial charge on any atom is -0.337 e. The normalized spacial score (nSPS) is 40.6. The number of hydrogen-bond donors (Lipinski definition) is 2. The van der Waals surface area contributed by atoms with Crippen molar-refractivity contribution < 1.29 is 9.00 Å². The molecule has 4 aliphatic rings. The first-order valence-corrected chi connectivity index (χ1v) is 15.9. The molecule has 9 atom stereocenters. The zero-order valence-electron chi connectivity index (χ0n) is 22.9. The van der Waals surface area contributed by atoms with E-state index in [9.17, 15) is 9.00 Å². The van der Waals surface area contributed by atoms with Crippen molar-refractivity contribution in [3.63, 3.8) is 0 Å². The Morgan fingerprint density at radius 1 is 1.11 bits per heavy atom. The van der Waals surface area contributed by atoms with Gasteiger partial charge >= 0.3 is 6.03 Å². The molecule has 0 radical (unpaired) electrons. The predicted molar refractivity (Wildman–Crippen MR) is 144 cm³/mol. The number of hydrogen-bond acceptors (Lipinski definition) is 3. The van der Waals surface area contributed by atoms with Gasteiger partial charge in [-0.3, -0.25) is 9.40 Å². The average molecular weight is 517 g/mol. The summed E-state index contributed by atoms with van der Waals surface area (Å²) in [5, 5.41) is 7.06. The maximum atomic E-state index is 12.4. The molecular formula is C29H48N4O2S. The molecule has 1 aromatic rings. The summed E-state index contributed by atoms with van der Waals surface area (Å²) in [5.41, 5.74) is 1.06. The maximum absolute atomic E-state index is 12.4. The van der Waals surface area contributed by atoms with Crippen LogP contribution in [0.3, 0.4) is 0 Å². The van der Waals surface area contributed by atoms with Crippen LogP contribution in [-0.4, -0.2) is 26.6 Å². The summed E-state index contributed by atoms with van der Waals surface area (Å²) < 4.78 is 16.6. The first-order chi connectivity index (χ1) is 17.3. The van der Waals surface area contributed by atoms with Crippen LogP contribution in [0.2, 0.25) is 0 Å². The molecular weight excluding hydrogens is 468 g/mol. The van der Waals surface area contributed by atoms with E-state index in [2.05, 4.69) is 35.9 Å². The molecule has 0 spiro atoms. The fraction of sp³-hybridized carbons (Fsp3) is 0.862. The lowest BCUT2D eigenvalue weighted by molar-refractivity contribution is -0.131. The number of urea groups is 1. The largest absolute Gasteiger partial charge is 0.337 e. The zero-order chi connectivity index (χ0) is 25.5. The number of nitrogens with zero attached hydrogens (tertiary/aromatic N) is 2. The minimum atomic E-state index is -1.57. The standard InChI is InChI=1S/C29H48N4O2S/c1-5-33-19-22(18-31-33)36(35)32-27(34)30-16-8-9-21-11-12-25-23-17-20(2)24-10-6-7-14-29(24,4)26(23)13-15-28(21,25)3/h18-21,23-26H,5-17H2,1-4H3,(H2,30,32,34)/t20-,21?,23?,24?,25?,26-,28?,29?,36?/m0/s1. The number of amides is 2. The molecule has 4 saturated carbocycles. The van der Waals surface area contributed by atoms with Gasteiger partial charge in [0.15, 0.2) is 11.0 Å². The van der Waals surface area contributed by atoms with Crippen molar-refractivity contribution in [2.45, 2.75) is 110 Å². The van der Waals surface area contributed by atoms with Gasteiger partial charge in [-0.2, -0.15) is 5.10 Å². The van der Waals surface area contributed by atoms with Crippen molar-refractivity contribution in [1.82, 2.24) is 19.8 Å². The number of fused-ring (bicyclic) bond motifs is 5. The minimum absolute atomic E-state index is 0.361. The Labute approximate surface area is 220 Å². The maximum Gasteiger partial charge on any atom is 0.326 e. The predicted octanol–water partition coefficient (Wildman–Crippen LogP) is 6.30. The van der Waals surface area contributed by atoms with Gasteiger partial charge in [0.25, 0.3) is 0 Å². The molecule has 0 saturated heterocycles. The second-order valence-corrected chi connectivity index (χ2v) is 14.3. The number of rotatable bonds is 7. The van der Waals surface area contributed by atoms with Crippen LogP contribution >= 0.6 is 0 Å². The molecule has 202 valence electrons. The Hall–Kier alpha value is -1.37. The van der Waals surface area contributed by atoms with Gasteiger partial charge < -0.3 is 5.32 Å². The summed E-state index contributed by atoms with van der Waals surface area (Å²) in [7, 11) is -1.57. The van der Waals surface area contributed by atoms with Crippen LogP contribution in [-0.2, 0) is 17.5 Å². The number of aryl methyl sites for hydroxylation is 1. The topological polar surface area (TPSA) is 76.0 Å². The summed E-state index contributed by atoms with van der Waals surface area (Å²) in [4.78, 5) is 12.8. The van der Waals surface area contributed by atoms with Crippen molar-refractivity contribution in [2.75, 3.05) is 6.54 Å². The average Bonchev–Trinajstić information content (AvgIpc) is 3.46. The third-order valence-corrected chi connectivity index (χ3v) is 12.5. The lowest BCUT2D eigenvalue weighted by Gasteiger charge is -2.62. The van der Waals surface area contributed by atoms with Crippen molar-refractivity contribution in [1.29, 1.82) is 0 Å².